The Morgan fingerprint density at radius 2 is 0.961 bits per heavy atom. The highest BCUT2D eigenvalue weighted by Crippen LogP contribution is 2.53. The van der Waals surface area contributed by atoms with Crippen LogP contribution in [0.3, 0.4) is 0 Å². The number of methoxy groups -OCH3 is 2. The van der Waals surface area contributed by atoms with Crippen LogP contribution in [0.5, 0.6) is 0 Å². The smallest absolute Gasteiger partial charge is 0.399 e. The Hall–Kier alpha value is -1.83. The van der Waals surface area contributed by atoms with E-state index in [0.717, 1.165) is 10.9 Å². The van der Waals surface area contributed by atoms with E-state index in [1.54, 1.807) is 14.2 Å². The SMILES string of the molecule is COCCOCCOCCC1(CCOCCOCCOC)c2cc(B3OC(C)(C)C(C)(C)O3)ccc2-c2cccc(B3OC(C)(C)C(C)(C)O3)c21. The van der Waals surface area contributed by atoms with Gasteiger partial charge in [0, 0.05) is 32.8 Å². The minimum Gasteiger partial charge on any atom is -0.399 e. The highest BCUT2D eigenvalue weighted by molar-refractivity contribution is 6.63. The summed E-state index contributed by atoms with van der Waals surface area (Å²) in [6, 6.07) is 13.1. The summed E-state index contributed by atoms with van der Waals surface area (Å²) >= 11 is 0. The van der Waals surface area contributed by atoms with Crippen LogP contribution in [0.2, 0.25) is 0 Å². The highest BCUT2D eigenvalue weighted by Gasteiger charge is 2.56. The van der Waals surface area contributed by atoms with Crippen LogP contribution >= 0.6 is 0 Å². The van der Waals surface area contributed by atoms with Crippen LogP contribution in [0, 0.1) is 0 Å². The van der Waals surface area contributed by atoms with Crippen molar-refractivity contribution in [1.29, 1.82) is 0 Å². The van der Waals surface area contributed by atoms with Crippen molar-refractivity contribution in [2.45, 2.75) is 96.1 Å². The summed E-state index contributed by atoms with van der Waals surface area (Å²) in [5.41, 5.74) is 4.38. The summed E-state index contributed by atoms with van der Waals surface area (Å²) in [6.07, 6.45) is 1.42. The minimum atomic E-state index is -0.536. The van der Waals surface area contributed by atoms with E-state index in [1.807, 2.05) is 0 Å². The van der Waals surface area contributed by atoms with Crippen LogP contribution in [0.15, 0.2) is 36.4 Å². The lowest BCUT2D eigenvalue weighted by Gasteiger charge is -2.34. The molecule has 51 heavy (non-hydrogen) atoms. The molecule has 0 amide bonds. The van der Waals surface area contributed by atoms with Crippen molar-refractivity contribution in [3.8, 4) is 11.1 Å². The monoisotopic (exact) mass is 710 g/mol. The third-order valence-electron chi connectivity index (χ3n) is 11.4. The molecule has 2 aromatic carbocycles. The Labute approximate surface area is 306 Å². The number of benzene rings is 2. The summed E-state index contributed by atoms with van der Waals surface area (Å²) in [5, 5.41) is 0. The Balaban J connectivity index is 1.52. The Morgan fingerprint density at radius 1 is 0.510 bits per heavy atom. The highest BCUT2D eigenvalue weighted by atomic mass is 16.7. The zero-order chi connectivity index (χ0) is 36.9. The topological polar surface area (TPSA) is 92.3 Å². The average molecular weight is 711 g/mol. The molecule has 0 unspecified atom stereocenters. The van der Waals surface area contributed by atoms with Gasteiger partial charge in [-0.3, -0.25) is 0 Å². The molecule has 2 fully saturated rings. The lowest BCUT2D eigenvalue weighted by Crippen LogP contribution is -2.43. The first-order valence-electron chi connectivity index (χ1n) is 18.5. The van der Waals surface area contributed by atoms with Gasteiger partial charge in [-0.15, -0.1) is 0 Å². The largest absolute Gasteiger partial charge is 0.495 e. The average Bonchev–Trinajstić information content (AvgIpc) is 3.57. The predicted octanol–water partition coefficient (Wildman–Crippen LogP) is 4.69. The van der Waals surface area contributed by atoms with E-state index < -0.39 is 42.1 Å². The van der Waals surface area contributed by atoms with Gasteiger partial charge in [-0.2, -0.15) is 0 Å². The van der Waals surface area contributed by atoms with Gasteiger partial charge in [0.15, 0.2) is 0 Å². The second kappa shape index (κ2) is 16.7. The number of hydrogen-bond donors (Lipinski definition) is 0. The molecule has 0 spiro atoms. The minimum absolute atomic E-state index is 0.459. The second-order valence-electron chi connectivity index (χ2n) is 15.8. The van der Waals surface area contributed by atoms with E-state index in [4.69, 9.17) is 47.0 Å². The molecule has 3 aliphatic rings. The van der Waals surface area contributed by atoms with Crippen LogP contribution in [0.1, 0.15) is 79.4 Å². The van der Waals surface area contributed by atoms with Crippen molar-refractivity contribution in [2.24, 2.45) is 0 Å². The molecule has 2 heterocycles. The zero-order valence-corrected chi connectivity index (χ0v) is 32.7. The molecule has 2 saturated heterocycles. The van der Waals surface area contributed by atoms with Crippen molar-refractivity contribution >= 4 is 25.2 Å². The van der Waals surface area contributed by atoms with Crippen molar-refractivity contribution in [1.82, 2.24) is 0 Å². The summed E-state index contributed by atoms with van der Waals surface area (Å²) in [4.78, 5) is 0. The molecular formula is C39H60B2O10. The fourth-order valence-electron chi connectivity index (χ4n) is 7.01. The van der Waals surface area contributed by atoms with Gasteiger partial charge in [0.25, 0.3) is 0 Å². The third-order valence-corrected chi connectivity index (χ3v) is 11.4. The maximum atomic E-state index is 6.72. The van der Waals surface area contributed by atoms with Crippen LogP contribution in [-0.4, -0.2) is 117 Å². The molecule has 2 aromatic rings. The normalized spacial score (nSPS) is 20.6. The number of rotatable bonds is 20. The lowest BCUT2D eigenvalue weighted by atomic mass is 9.64. The molecule has 0 saturated carbocycles. The second-order valence-corrected chi connectivity index (χ2v) is 15.8. The fraction of sp³-hybridized carbons (Fsp3) is 0.692. The molecule has 12 heteroatoms. The molecule has 282 valence electrons. The van der Waals surface area contributed by atoms with Crippen LogP contribution < -0.4 is 10.9 Å². The Morgan fingerprint density at radius 3 is 1.45 bits per heavy atom. The molecule has 10 nitrogen and oxygen atoms in total. The Bertz CT molecular complexity index is 1390. The van der Waals surface area contributed by atoms with Gasteiger partial charge >= 0.3 is 14.2 Å². The van der Waals surface area contributed by atoms with Crippen LogP contribution in [0.4, 0.5) is 0 Å². The fourth-order valence-corrected chi connectivity index (χ4v) is 7.01. The van der Waals surface area contributed by atoms with Gasteiger partial charge in [0.2, 0.25) is 0 Å². The zero-order valence-electron chi connectivity index (χ0n) is 32.7. The quantitative estimate of drug-likeness (QED) is 0.143. The number of fused-ring (bicyclic) bond motifs is 3. The van der Waals surface area contributed by atoms with E-state index in [-0.39, 0.29) is 0 Å². The van der Waals surface area contributed by atoms with E-state index in [9.17, 15) is 0 Å². The molecular weight excluding hydrogens is 650 g/mol. The van der Waals surface area contributed by atoms with Gasteiger partial charge < -0.3 is 47.0 Å². The molecule has 0 atom stereocenters. The first kappa shape index (κ1) is 40.4. The first-order chi connectivity index (χ1) is 24.2. The van der Waals surface area contributed by atoms with E-state index in [0.29, 0.717) is 78.9 Å². The van der Waals surface area contributed by atoms with Gasteiger partial charge in [0.05, 0.1) is 75.3 Å². The van der Waals surface area contributed by atoms with Gasteiger partial charge in [-0.1, -0.05) is 36.4 Å². The van der Waals surface area contributed by atoms with Gasteiger partial charge in [-0.05, 0) is 101 Å². The number of ether oxygens (including phenoxy) is 6. The molecule has 0 N–H and O–H groups in total. The van der Waals surface area contributed by atoms with Crippen molar-refractivity contribution in [2.75, 3.05) is 80.3 Å². The third kappa shape index (κ3) is 8.62. The molecule has 0 bridgehead atoms. The van der Waals surface area contributed by atoms with E-state index in [1.165, 1.54) is 22.3 Å². The van der Waals surface area contributed by atoms with Gasteiger partial charge in [-0.25, -0.2) is 0 Å². The molecule has 2 aliphatic heterocycles. The van der Waals surface area contributed by atoms with E-state index >= 15 is 0 Å². The van der Waals surface area contributed by atoms with Crippen molar-refractivity contribution in [3.63, 3.8) is 0 Å². The first-order valence-corrected chi connectivity index (χ1v) is 18.5. The maximum absolute atomic E-state index is 6.72. The summed E-state index contributed by atoms with van der Waals surface area (Å²) in [5.74, 6) is 0. The Kier molecular flexibility index (Phi) is 13.2. The predicted molar refractivity (Wildman–Crippen MR) is 200 cm³/mol. The standard InChI is InChI=1S/C39H60B2O10/c1-35(2)36(3,4)49-40(48-35)29-14-15-30-31-12-11-13-33(41-50-37(5,6)38(7,8)51-41)34(31)39(32(30)28-29,16-18-44-24-26-46-22-20-42-9)17-19-45-25-27-47-23-21-43-10/h11-15,28H,16-27H2,1-10H3. The lowest BCUT2D eigenvalue weighted by molar-refractivity contribution is 0.00578. The summed E-state index contributed by atoms with van der Waals surface area (Å²) in [6.45, 7) is 21.9. The van der Waals surface area contributed by atoms with Crippen molar-refractivity contribution < 1.29 is 47.0 Å². The molecule has 0 radical (unpaired) electrons. The summed E-state index contributed by atoms with van der Waals surface area (Å²) < 4.78 is 60.7. The van der Waals surface area contributed by atoms with Crippen LogP contribution in [0.25, 0.3) is 11.1 Å². The molecule has 5 rings (SSSR count). The molecule has 0 aromatic heterocycles. The van der Waals surface area contributed by atoms with E-state index in [2.05, 4.69) is 91.8 Å². The maximum Gasteiger partial charge on any atom is 0.495 e. The van der Waals surface area contributed by atoms with Gasteiger partial charge in [0.1, 0.15) is 0 Å². The number of hydrogen-bond acceptors (Lipinski definition) is 10. The molecule has 1 aliphatic carbocycles. The summed E-state index contributed by atoms with van der Waals surface area (Å²) in [7, 11) is 2.31. The van der Waals surface area contributed by atoms with Crippen molar-refractivity contribution in [3.05, 3.63) is 47.5 Å². The van der Waals surface area contributed by atoms with Crippen LogP contribution in [-0.2, 0) is 52.5 Å².